The van der Waals surface area contributed by atoms with Crippen molar-refractivity contribution in [1.29, 1.82) is 0 Å². The Hall–Kier alpha value is -4.36. The lowest BCUT2D eigenvalue weighted by Crippen LogP contribution is -2.28. The molecule has 0 fully saturated rings. The Labute approximate surface area is 226 Å². The van der Waals surface area contributed by atoms with E-state index in [0.29, 0.717) is 12.2 Å². The van der Waals surface area contributed by atoms with Crippen LogP contribution >= 0.6 is 0 Å². The molecule has 7 nitrogen and oxygen atoms in total. The lowest BCUT2D eigenvalue weighted by Gasteiger charge is -2.29. The number of benzene rings is 2. The zero-order valence-electron chi connectivity index (χ0n) is 22.4. The molecule has 0 spiro atoms. The van der Waals surface area contributed by atoms with Gasteiger partial charge in [-0.1, -0.05) is 6.07 Å². The number of hydrogen-bond donors (Lipinski definition) is 1. The minimum Gasteiger partial charge on any atom is -0.493 e. The van der Waals surface area contributed by atoms with Crippen LogP contribution in [-0.4, -0.2) is 38.2 Å². The summed E-state index contributed by atoms with van der Waals surface area (Å²) in [7, 11) is 0. The van der Waals surface area contributed by atoms with Crippen LogP contribution in [-0.2, 0) is 16.0 Å². The Balaban J connectivity index is 1.70. The van der Waals surface area contributed by atoms with Crippen LogP contribution in [0.25, 0.3) is 44.2 Å². The van der Waals surface area contributed by atoms with Gasteiger partial charge in [0, 0.05) is 52.5 Å². The van der Waals surface area contributed by atoms with Gasteiger partial charge in [-0.05, 0) is 86.8 Å². The van der Waals surface area contributed by atoms with Crippen LogP contribution in [0.15, 0.2) is 67.1 Å². The van der Waals surface area contributed by atoms with E-state index in [2.05, 4.69) is 4.98 Å². The molecule has 196 valence electrons. The van der Waals surface area contributed by atoms with E-state index in [1.54, 1.807) is 12.4 Å². The van der Waals surface area contributed by atoms with E-state index in [0.717, 1.165) is 61.9 Å². The van der Waals surface area contributed by atoms with E-state index in [9.17, 15) is 9.90 Å². The number of aryl methyl sites for hydroxylation is 1. The van der Waals surface area contributed by atoms with E-state index >= 15 is 0 Å². The first kappa shape index (κ1) is 24.9. The van der Waals surface area contributed by atoms with E-state index < -0.39 is 17.7 Å². The first-order chi connectivity index (χ1) is 18.7. The van der Waals surface area contributed by atoms with Gasteiger partial charge >= 0.3 is 5.97 Å². The van der Waals surface area contributed by atoms with Crippen molar-refractivity contribution in [2.24, 2.45) is 0 Å². The van der Waals surface area contributed by atoms with Gasteiger partial charge < -0.3 is 14.6 Å². The minimum atomic E-state index is -1.19. The summed E-state index contributed by atoms with van der Waals surface area (Å²) >= 11 is 0. The first-order valence-corrected chi connectivity index (χ1v) is 13.0. The summed E-state index contributed by atoms with van der Waals surface area (Å²) in [6, 6.07) is 15.7. The number of hydrogen-bond acceptors (Lipinski definition) is 6. The molecule has 0 amide bonds. The molecule has 0 bridgehead atoms. The normalized spacial score (nSPS) is 13.8. The van der Waals surface area contributed by atoms with Gasteiger partial charge in [0.1, 0.15) is 5.75 Å². The molecule has 1 atom stereocenters. The van der Waals surface area contributed by atoms with Crippen molar-refractivity contribution < 1.29 is 19.4 Å². The standard InChI is InChI=1S/C32H29N3O4/c1-18-17-24-21(5-7-23(35-24)19-9-13-33-14-10-19)28(26(18)30(31(36)37)39-32(2,3)4)22-6-8-25-27-20(12-16-38-25)11-15-34-29(22)27/h5-11,13-15,17,30H,12,16H2,1-4H3,(H,36,37). The van der Waals surface area contributed by atoms with Crippen LogP contribution in [0.4, 0.5) is 0 Å². The summed E-state index contributed by atoms with van der Waals surface area (Å²) in [4.78, 5) is 26.6. The number of carboxylic acids is 1. The lowest BCUT2D eigenvalue weighted by atomic mass is 9.86. The third-order valence-corrected chi connectivity index (χ3v) is 7.01. The van der Waals surface area contributed by atoms with Crippen molar-refractivity contribution in [3.8, 4) is 28.1 Å². The number of pyridine rings is 3. The molecule has 0 saturated carbocycles. The van der Waals surface area contributed by atoms with E-state index in [1.165, 1.54) is 5.56 Å². The topological polar surface area (TPSA) is 94.4 Å². The molecule has 7 heteroatoms. The quantitative estimate of drug-likeness (QED) is 0.276. The zero-order chi connectivity index (χ0) is 27.3. The van der Waals surface area contributed by atoms with Crippen molar-refractivity contribution in [1.82, 2.24) is 15.0 Å². The van der Waals surface area contributed by atoms with Gasteiger partial charge in [-0.25, -0.2) is 9.78 Å². The Morgan fingerprint density at radius 3 is 2.59 bits per heavy atom. The molecule has 1 unspecified atom stereocenters. The summed E-state index contributed by atoms with van der Waals surface area (Å²) in [6.45, 7) is 8.13. The second kappa shape index (κ2) is 9.43. The zero-order valence-corrected chi connectivity index (χ0v) is 22.4. The Morgan fingerprint density at radius 2 is 1.85 bits per heavy atom. The average molecular weight is 520 g/mol. The predicted octanol–water partition coefficient (Wildman–Crippen LogP) is 6.70. The van der Waals surface area contributed by atoms with Crippen LogP contribution in [0.1, 0.15) is 43.6 Å². The van der Waals surface area contributed by atoms with Crippen LogP contribution in [0.3, 0.4) is 0 Å². The Bertz CT molecular complexity index is 1730. The molecule has 39 heavy (non-hydrogen) atoms. The summed E-state index contributed by atoms with van der Waals surface area (Å²) in [5, 5.41) is 12.2. The highest BCUT2D eigenvalue weighted by Gasteiger charge is 2.33. The number of rotatable bonds is 5. The highest BCUT2D eigenvalue weighted by atomic mass is 16.5. The fourth-order valence-electron chi connectivity index (χ4n) is 5.42. The van der Waals surface area contributed by atoms with Gasteiger partial charge in [0.15, 0.2) is 6.10 Å². The molecule has 0 saturated heterocycles. The van der Waals surface area contributed by atoms with Crippen molar-refractivity contribution >= 4 is 27.8 Å². The molecule has 4 heterocycles. The van der Waals surface area contributed by atoms with Crippen molar-refractivity contribution in [2.75, 3.05) is 6.61 Å². The Kier molecular flexibility index (Phi) is 6.03. The Morgan fingerprint density at radius 1 is 1.05 bits per heavy atom. The van der Waals surface area contributed by atoms with Gasteiger partial charge in [0.25, 0.3) is 0 Å². The van der Waals surface area contributed by atoms with Crippen LogP contribution in [0, 0.1) is 6.92 Å². The van der Waals surface area contributed by atoms with Crippen LogP contribution in [0.2, 0.25) is 0 Å². The third-order valence-electron chi connectivity index (χ3n) is 7.01. The number of aromatic nitrogens is 3. The predicted molar refractivity (Wildman–Crippen MR) is 151 cm³/mol. The third kappa shape index (κ3) is 4.49. The van der Waals surface area contributed by atoms with Gasteiger partial charge in [0.05, 0.1) is 28.9 Å². The molecule has 1 N–H and O–H groups in total. The highest BCUT2D eigenvalue weighted by Crippen LogP contribution is 2.45. The average Bonchev–Trinajstić information content (AvgIpc) is 2.91. The van der Waals surface area contributed by atoms with E-state index in [1.807, 2.05) is 82.4 Å². The molecule has 3 aromatic heterocycles. The second-order valence-electron chi connectivity index (χ2n) is 10.8. The summed E-state index contributed by atoms with van der Waals surface area (Å²) < 4.78 is 12.2. The number of fused-ring (bicyclic) bond motifs is 1. The van der Waals surface area contributed by atoms with Gasteiger partial charge in [0.2, 0.25) is 0 Å². The van der Waals surface area contributed by atoms with Gasteiger partial charge in [-0.2, -0.15) is 0 Å². The summed E-state index contributed by atoms with van der Waals surface area (Å²) in [6.07, 6.45) is 4.90. The molecule has 6 rings (SSSR count). The number of ether oxygens (including phenoxy) is 2. The van der Waals surface area contributed by atoms with Crippen molar-refractivity contribution in [3.63, 3.8) is 0 Å². The minimum absolute atomic E-state index is 0.600. The molecular formula is C32H29N3O4. The van der Waals surface area contributed by atoms with Crippen molar-refractivity contribution in [3.05, 3.63) is 83.8 Å². The number of carbonyl (C=O) groups is 1. The van der Waals surface area contributed by atoms with Gasteiger partial charge in [-0.3, -0.25) is 9.97 Å². The maximum Gasteiger partial charge on any atom is 0.337 e. The number of carboxylic acid groups (broad SMARTS) is 1. The molecule has 5 aromatic rings. The largest absolute Gasteiger partial charge is 0.493 e. The summed E-state index contributed by atoms with van der Waals surface area (Å²) in [5.74, 6) is -0.255. The molecular weight excluding hydrogens is 490 g/mol. The first-order valence-electron chi connectivity index (χ1n) is 13.0. The second-order valence-corrected chi connectivity index (χ2v) is 10.8. The number of nitrogens with zero attached hydrogens (tertiary/aromatic N) is 3. The molecule has 1 aliphatic rings. The molecule has 2 aromatic carbocycles. The monoisotopic (exact) mass is 519 g/mol. The van der Waals surface area contributed by atoms with E-state index in [4.69, 9.17) is 19.4 Å². The molecule has 1 aliphatic heterocycles. The maximum atomic E-state index is 12.7. The number of aliphatic carboxylic acids is 1. The fourth-order valence-corrected chi connectivity index (χ4v) is 5.42. The smallest absolute Gasteiger partial charge is 0.337 e. The SMILES string of the molecule is Cc1cc2nc(-c3ccncc3)ccc2c(-c2ccc3c4c(ccnc24)CCO3)c1C(OC(C)(C)C)C(=O)O. The van der Waals surface area contributed by atoms with Gasteiger partial charge in [-0.15, -0.1) is 0 Å². The van der Waals surface area contributed by atoms with E-state index in [-0.39, 0.29) is 0 Å². The molecule has 0 radical (unpaired) electrons. The summed E-state index contributed by atoms with van der Waals surface area (Å²) in [5.41, 5.74) is 6.75. The van der Waals surface area contributed by atoms with Crippen LogP contribution < -0.4 is 4.74 Å². The van der Waals surface area contributed by atoms with Crippen molar-refractivity contribution in [2.45, 2.75) is 45.8 Å². The lowest BCUT2D eigenvalue weighted by molar-refractivity contribution is -0.160. The highest BCUT2D eigenvalue weighted by molar-refractivity contribution is 6.08. The molecule has 0 aliphatic carbocycles. The van der Waals surface area contributed by atoms with Crippen LogP contribution in [0.5, 0.6) is 5.75 Å². The maximum absolute atomic E-state index is 12.7. The fraction of sp³-hybridized carbons (Fsp3) is 0.250.